The van der Waals surface area contributed by atoms with Crippen LogP contribution in [0.4, 0.5) is 0 Å². The molecule has 4 aliphatic rings. The topological polar surface area (TPSA) is 29.5 Å². The molecule has 4 rings (SSSR count). The third-order valence-corrected chi connectivity index (χ3v) is 13.8. The van der Waals surface area contributed by atoms with E-state index in [9.17, 15) is 5.11 Å². The van der Waals surface area contributed by atoms with Crippen molar-refractivity contribution >= 4 is 21.6 Å². The van der Waals surface area contributed by atoms with Crippen LogP contribution in [0.5, 0.6) is 0 Å². The van der Waals surface area contributed by atoms with Crippen LogP contribution in [-0.2, 0) is 4.74 Å². The van der Waals surface area contributed by atoms with Gasteiger partial charge in [-0.05, 0) is 130 Å². The second-order valence-corrected chi connectivity index (χ2v) is 16.3. The lowest BCUT2D eigenvalue weighted by Gasteiger charge is -2.61. The zero-order chi connectivity index (χ0) is 25.4. The Labute approximate surface area is 232 Å². The summed E-state index contributed by atoms with van der Waals surface area (Å²) in [4.78, 5) is 0. The smallest absolute Gasteiger partial charge is 0.0578 e. The number of fused-ring (bicyclic) bond motifs is 5. The second kappa shape index (κ2) is 14.3. The summed E-state index contributed by atoms with van der Waals surface area (Å²) >= 11 is 0. The highest BCUT2D eigenvalue weighted by molar-refractivity contribution is 8.76. The van der Waals surface area contributed by atoms with Crippen molar-refractivity contribution in [1.29, 1.82) is 0 Å². The Hall–Kier alpha value is 0.620. The van der Waals surface area contributed by atoms with Gasteiger partial charge in [-0.1, -0.05) is 67.5 Å². The molecule has 1 N–H and O–H groups in total. The molecule has 0 bridgehead atoms. The number of aliphatic hydroxyl groups is 1. The summed E-state index contributed by atoms with van der Waals surface area (Å²) in [5.74, 6) is 6.09. The number of ether oxygens (including phenoxy) is 1. The third kappa shape index (κ3) is 6.84. The first-order valence-corrected chi connectivity index (χ1v) is 18.6. The Morgan fingerprint density at radius 1 is 0.778 bits per heavy atom. The molecule has 4 fully saturated rings. The van der Waals surface area contributed by atoms with Crippen LogP contribution in [0.15, 0.2) is 0 Å². The lowest BCUT2D eigenvalue weighted by atomic mass is 9.44. The molecule has 4 saturated carbocycles. The first-order chi connectivity index (χ1) is 17.5. The van der Waals surface area contributed by atoms with Crippen molar-refractivity contribution in [3.05, 3.63) is 0 Å². The van der Waals surface area contributed by atoms with Crippen LogP contribution in [0.1, 0.15) is 129 Å². The van der Waals surface area contributed by atoms with Crippen molar-refractivity contribution in [2.75, 3.05) is 25.2 Å². The van der Waals surface area contributed by atoms with Gasteiger partial charge in [0, 0.05) is 19.0 Å². The molecular weight excluding hydrogens is 480 g/mol. The van der Waals surface area contributed by atoms with Crippen LogP contribution in [0.3, 0.4) is 0 Å². The van der Waals surface area contributed by atoms with Crippen LogP contribution < -0.4 is 0 Å². The SMILES string of the molecule is CSSCCCCCCCCOC1CCC2(C)C(CCC3C4CCC(CCCCO)C4(C)CCC32)C1. The number of rotatable bonds is 15. The van der Waals surface area contributed by atoms with Crippen molar-refractivity contribution < 1.29 is 9.84 Å². The van der Waals surface area contributed by atoms with Gasteiger partial charge in [-0.2, -0.15) is 0 Å². The van der Waals surface area contributed by atoms with Crippen molar-refractivity contribution in [1.82, 2.24) is 0 Å². The Balaban J connectivity index is 1.19. The van der Waals surface area contributed by atoms with E-state index in [-0.39, 0.29) is 0 Å². The lowest BCUT2D eigenvalue weighted by molar-refractivity contribution is -0.135. The summed E-state index contributed by atoms with van der Waals surface area (Å²) in [6.45, 7) is 6.76. The summed E-state index contributed by atoms with van der Waals surface area (Å²) in [5, 5.41) is 9.26. The molecule has 210 valence electrons. The predicted molar refractivity (Wildman–Crippen MR) is 160 cm³/mol. The Morgan fingerprint density at radius 3 is 2.33 bits per heavy atom. The van der Waals surface area contributed by atoms with E-state index >= 15 is 0 Å². The van der Waals surface area contributed by atoms with Crippen molar-refractivity contribution in [2.24, 2.45) is 40.4 Å². The van der Waals surface area contributed by atoms with Gasteiger partial charge in [0.15, 0.2) is 0 Å². The average molecular weight is 539 g/mol. The molecular formula is C32H58O2S2. The van der Waals surface area contributed by atoms with Gasteiger partial charge in [0.2, 0.25) is 0 Å². The van der Waals surface area contributed by atoms with E-state index in [2.05, 4.69) is 20.1 Å². The largest absolute Gasteiger partial charge is 0.396 e. The Kier molecular flexibility index (Phi) is 11.8. The minimum absolute atomic E-state index is 0.375. The molecule has 0 radical (unpaired) electrons. The van der Waals surface area contributed by atoms with Crippen molar-refractivity contribution in [3.63, 3.8) is 0 Å². The van der Waals surface area contributed by atoms with Gasteiger partial charge in [0.05, 0.1) is 6.10 Å². The minimum Gasteiger partial charge on any atom is -0.396 e. The van der Waals surface area contributed by atoms with Gasteiger partial charge in [0.1, 0.15) is 0 Å². The second-order valence-electron chi connectivity index (χ2n) is 13.6. The van der Waals surface area contributed by atoms with Crippen LogP contribution >= 0.6 is 21.6 Å². The van der Waals surface area contributed by atoms with Gasteiger partial charge >= 0.3 is 0 Å². The van der Waals surface area contributed by atoms with E-state index in [1.807, 2.05) is 21.6 Å². The molecule has 0 aromatic rings. The predicted octanol–water partition coefficient (Wildman–Crippen LogP) is 9.54. The first kappa shape index (κ1) is 29.6. The number of unbranched alkanes of at least 4 members (excludes halogenated alkanes) is 6. The molecule has 8 atom stereocenters. The van der Waals surface area contributed by atoms with Gasteiger partial charge in [0.25, 0.3) is 0 Å². The molecule has 0 heterocycles. The molecule has 4 aliphatic carbocycles. The number of hydrogen-bond acceptors (Lipinski definition) is 4. The monoisotopic (exact) mass is 538 g/mol. The fourth-order valence-electron chi connectivity index (χ4n) is 9.76. The van der Waals surface area contributed by atoms with E-state index in [0.29, 0.717) is 23.5 Å². The van der Waals surface area contributed by atoms with Crippen LogP contribution in [0, 0.1) is 40.4 Å². The molecule has 4 heteroatoms. The number of hydrogen-bond donors (Lipinski definition) is 1. The molecule has 0 aromatic heterocycles. The van der Waals surface area contributed by atoms with Gasteiger partial charge in [-0.25, -0.2) is 0 Å². The maximum atomic E-state index is 9.26. The highest BCUT2D eigenvalue weighted by Gasteiger charge is 2.59. The first-order valence-electron chi connectivity index (χ1n) is 15.9. The fourth-order valence-corrected chi connectivity index (χ4v) is 11.1. The number of aliphatic hydroxyl groups excluding tert-OH is 1. The van der Waals surface area contributed by atoms with E-state index in [1.165, 1.54) is 115 Å². The standard InChI is InChI=1S/C32H58O2S2/c1-31-20-18-30-28(29(31)16-14-25(31)12-8-9-21-33)15-13-26-24-27(17-19-32(26,30)2)34-22-10-6-4-5-7-11-23-36-35-3/h25-30,33H,4-24H2,1-3H3. The van der Waals surface area contributed by atoms with E-state index in [4.69, 9.17) is 4.74 Å². The lowest BCUT2D eigenvalue weighted by Crippen LogP contribution is -2.54. The van der Waals surface area contributed by atoms with Crippen molar-refractivity contribution in [3.8, 4) is 0 Å². The molecule has 8 unspecified atom stereocenters. The van der Waals surface area contributed by atoms with Gasteiger partial charge in [-0.3, -0.25) is 0 Å². The molecule has 2 nitrogen and oxygen atoms in total. The summed E-state index contributed by atoms with van der Waals surface area (Å²) in [6.07, 6.45) is 27.5. The van der Waals surface area contributed by atoms with Crippen LogP contribution in [0.2, 0.25) is 0 Å². The highest BCUT2D eigenvalue weighted by atomic mass is 33.1. The zero-order valence-corrected chi connectivity index (χ0v) is 25.6. The molecule has 0 aliphatic heterocycles. The fraction of sp³-hybridized carbons (Fsp3) is 1.00. The summed E-state index contributed by atoms with van der Waals surface area (Å²) < 4.78 is 6.49. The average Bonchev–Trinajstić information content (AvgIpc) is 3.21. The quantitative estimate of drug-likeness (QED) is 0.166. The van der Waals surface area contributed by atoms with Gasteiger partial charge in [-0.15, -0.1) is 0 Å². The summed E-state index contributed by atoms with van der Waals surface area (Å²) in [6, 6.07) is 0. The Bertz CT molecular complexity index is 644. The molecule has 0 saturated heterocycles. The van der Waals surface area contributed by atoms with E-state index < -0.39 is 0 Å². The molecule has 0 amide bonds. The highest BCUT2D eigenvalue weighted by Crippen LogP contribution is 2.68. The van der Waals surface area contributed by atoms with Crippen LogP contribution in [0.25, 0.3) is 0 Å². The summed E-state index contributed by atoms with van der Waals surface area (Å²) in [5.41, 5.74) is 1.17. The van der Waals surface area contributed by atoms with E-state index in [1.54, 1.807) is 0 Å². The minimum atomic E-state index is 0.375. The Morgan fingerprint density at radius 2 is 1.53 bits per heavy atom. The van der Waals surface area contributed by atoms with E-state index in [0.717, 1.165) is 42.6 Å². The molecule has 0 spiro atoms. The summed E-state index contributed by atoms with van der Waals surface area (Å²) in [7, 11) is 3.91. The maximum absolute atomic E-state index is 9.26. The molecule has 0 aromatic carbocycles. The van der Waals surface area contributed by atoms with Crippen molar-refractivity contribution in [2.45, 2.75) is 136 Å². The maximum Gasteiger partial charge on any atom is 0.0578 e. The zero-order valence-electron chi connectivity index (χ0n) is 24.0. The molecule has 36 heavy (non-hydrogen) atoms. The van der Waals surface area contributed by atoms with Crippen LogP contribution in [-0.4, -0.2) is 36.4 Å². The third-order valence-electron chi connectivity index (χ3n) is 11.9. The normalized spacial score (nSPS) is 40.0. The van der Waals surface area contributed by atoms with Gasteiger partial charge < -0.3 is 9.84 Å².